The molecule has 5 heteroatoms. The van der Waals surface area contributed by atoms with Crippen LogP contribution in [0.15, 0.2) is 12.1 Å². The molecule has 0 aliphatic carbocycles. The van der Waals surface area contributed by atoms with Crippen LogP contribution in [0.2, 0.25) is 0 Å². The third kappa shape index (κ3) is 2.67. The van der Waals surface area contributed by atoms with Gasteiger partial charge in [-0.1, -0.05) is 0 Å². The van der Waals surface area contributed by atoms with Crippen LogP contribution in [0.4, 0.5) is 15.8 Å². The van der Waals surface area contributed by atoms with E-state index >= 15 is 0 Å². The van der Waals surface area contributed by atoms with Crippen molar-refractivity contribution in [1.82, 2.24) is 0 Å². The maximum absolute atomic E-state index is 13.7. The van der Waals surface area contributed by atoms with Crippen LogP contribution in [-0.4, -0.2) is 26.2 Å². The van der Waals surface area contributed by atoms with E-state index in [1.807, 2.05) is 13.8 Å². The number of nitrogens with zero attached hydrogens (tertiary/aromatic N) is 1. The average Bonchev–Trinajstić information content (AvgIpc) is 2.27. The van der Waals surface area contributed by atoms with Crippen molar-refractivity contribution in [1.29, 1.82) is 0 Å². The van der Waals surface area contributed by atoms with Gasteiger partial charge in [0.1, 0.15) is 5.82 Å². The van der Waals surface area contributed by atoms with Crippen molar-refractivity contribution in [3.63, 3.8) is 0 Å². The van der Waals surface area contributed by atoms with Gasteiger partial charge >= 0.3 is 5.97 Å². The summed E-state index contributed by atoms with van der Waals surface area (Å²) in [6.45, 7) is 3.85. The molecule has 0 heterocycles. The fourth-order valence-corrected chi connectivity index (χ4v) is 1.41. The van der Waals surface area contributed by atoms with E-state index in [1.54, 1.807) is 11.9 Å². The SMILES string of the molecule is COC(=O)c1cc(N(C)C(C)C)c(F)cc1N. The first-order valence-electron chi connectivity index (χ1n) is 5.28. The van der Waals surface area contributed by atoms with Crippen LogP contribution in [0.1, 0.15) is 24.2 Å². The Hall–Kier alpha value is -1.78. The molecule has 0 amide bonds. The molecule has 94 valence electrons. The highest BCUT2D eigenvalue weighted by atomic mass is 19.1. The Balaban J connectivity index is 3.28. The summed E-state index contributed by atoms with van der Waals surface area (Å²) in [6.07, 6.45) is 0. The van der Waals surface area contributed by atoms with Crippen LogP contribution >= 0.6 is 0 Å². The molecule has 17 heavy (non-hydrogen) atoms. The van der Waals surface area contributed by atoms with Crippen molar-refractivity contribution in [2.45, 2.75) is 19.9 Å². The van der Waals surface area contributed by atoms with Gasteiger partial charge in [-0.2, -0.15) is 0 Å². The third-order valence-electron chi connectivity index (χ3n) is 2.68. The number of hydrogen-bond donors (Lipinski definition) is 1. The van der Waals surface area contributed by atoms with Gasteiger partial charge in [0, 0.05) is 18.8 Å². The van der Waals surface area contributed by atoms with Crippen molar-refractivity contribution < 1.29 is 13.9 Å². The summed E-state index contributed by atoms with van der Waals surface area (Å²) in [4.78, 5) is 13.2. The minimum atomic E-state index is -0.569. The van der Waals surface area contributed by atoms with Gasteiger partial charge in [0.05, 0.1) is 18.4 Å². The lowest BCUT2D eigenvalue weighted by Crippen LogP contribution is -2.27. The standard InChI is InChI=1S/C12H17FN2O2/c1-7(2)15(3)11-5-8(12(16)17-4)10(14)6-9(11)13/h5-7H,14H2,1-4H3. The molecule has 1 rings (SSSR count). The van der Waals surface area contributed by atoms with E-state index in [0.717, 1.165) is 6.07 Å². The van der Waals surface area contributed by atoms with Crippen molar-refractivity contribution in [3.8, 4) is 0 Å². The Bertz CT molecular complexity index is 433. The molecule has 0 spiro atoms. The van der Waals surface area contributed by atoms with Crippen molar-refractivity contribution >= 4 is 17.3 Å². The minimum Gasteiger partial charge on any atom is -0.465 e. The molecule has 0 unspecified atom stereocenters. The Kier molecular flexibility index (Phi) is 3.93. The number of rotatable bonds is 3. The first-order chi connectivity index (χ1) is 7.88. The van der Waals surface area contributed by atoms with E-state index in [4.69, 9.17) is 5.73 Å². The van der Waals surface area contributed by atoms with Gasteiger partial charge in [0.15, 0.2) is 0 Å². The number of benzene rings is 1. The van der Waals surface area contributed by atoms with E-state index in [-0.39, 0.29) is 17.3 Å². The monoisotopic (exact) mass is 240 g/mol. The van der Waals surface area contributed by atoms with Gasteiger partial charge in [-0.3, -0.25) is 0 Å². The smallest absolute Gasteiger partial charge is 0.340 e. The molecular formula is C12H17FN2O2. The maximum Gasteiger partial charge on any atom is 0.340 e. The van der Waals surface area contributed by atoms with Crippen LogP contribution in [0, 0.1) is 5.82 Å². The molecule has 1 aromatic carbocycles. The number of nitrogen functional groups attached to an aromatic ring is 1. The molecule has 0 saturated carbocycles. The zero-order chi connectivity index (χ0) is 13.2. The van der Waals surface area contributed by atoms with Crippen LogP contribution in [0.5, 0.6) is 0 Å². The molecule has 0 aliphatic heterocycles. The zero-order valence-corrected chi connectivity index (χ0v) is 10.5. The second-order valence-electron chi connectivity index (χ2n) is 4.09. The Morgan fingerprint density at radius 2 is 2.06 bits per heavy atom. The lowest BCUT2D eigenvalue weighted by atomic mass is 10.1. The predicted octanol–water partition coefficient (Wildman–Crippen LogP) is 2.04. The van der Waals surface area contributed by atoms with E-state index in [2.05, 4.69) is 4.74 Å². The van der Waals surface area contributed by atoms with Gasteiger partial charge in [0.25, 0.3) is 0 Å². The highest BCUT2D eigenvalue weighted by Crippen LogP contribution is 2.26. The highest BCUT2D eigenvalue weighted by molar-refractivity contribution is 5.96. The van der Waals surface area contributed by atoms with Gasteiger partial charge < -0.3 is 15.4 Å². The summed E-state index contributed by atoms with van der Waals surface area (Å²) in [5.41, 5.74) is 6.17. The largest absolute Gasteiger partial charge is 0.465 e. The minimum absolute atomic E-state index is 0.0789. The number of carbonyl (C=O) groups excluding carboxylic acids is 1. The van der Waals surface area contributed by atoms with E-state index in [9.17, 15) is 9.18 Å². The van der Waals surface area contributed by atoms with Crippen molar-refractivity contribution in [2.75, 3.05) is 24.8 Å². The molecule has 0 atom stereocenters. The molecule has 2 N–H and O–H groups in total. The number of anilines is 2. The van der Waals surface area contributed by atoms with Crippen LogP contribution < -0.4 is 10.6 Å². The fraction of sp³-hybridized carbons (Fsp3) is 0.417. The first kappa shape index (κ1) is 13.3. The lowest BCUT2D eigenvalue weighted by molar-refractivity contribution is 0.0602. The third-order valence-corrected chi connectivity index (χ3v) is 2.68. The van der Waals surface area contributed by atoms with Gasteiger partial charge in [-0.05, 0) is 26.0 Å². The van der Waals surface area contributed by atoms with Crippen molar-refractivity contribution in [3.05, 3.63) is 23.5 Å². The average molecular weight is 240 g/mol. The zero-order valence-electron chi connectivity index (χ0n) is 10.5. The molecular weight excluding hydrogens is 223 g/mol. The maximum atomic E-state index is 13.7. The lowest BCUT2D eigenvalue weighted by Gasteiger charge is -2.25. The molecule has 0 saturated heterocycles. The molecule has 1 aromatic rings. The summed E-state index contributed by atoms with van der Waals surface area (Å²) in [5.74, 6) is -1.02. The van der Waals surface area contributed by atoms with E-state index in [0.29, 0.717) is 5.69 Å². The fourth-order valence-electron chi connectivity index (χ4n) is 1.41. The number of nitrogens with two attached hydrogens (primary N) is 1. The van der Waals surface area contributed by atoms with E-state index < -0.39 is 11.8 Å². The molecule has 0 aliphatic rings. The molecule has 4 nitrogen and oxygen atoms in total. The number of carbonyl (C=O) groups is 1. The summed E-state index contributed by atoms with van der Waals surface area (Å²) in [5, 5.41) is 0. The van der Waals surface area contributed by atoms with Gasteiger partial charge in [0.2, 0.25) is 0 Å². The van der Waals surface area contributed by atoms with Crippen molar-refractivity contribution in [2.24, 2.45) is 0 Å². The Morgan fingerprint density at radius 3 is 2.53 bits per heavy atom. The normalized spacial score (nSPS) is 10.5. The summed E-state index contributed by atoms with van der Waals surface area (Å²) >= 11 is 0. The molecule has 0 radical (unpaired) electrons. The second-order valence-corrected chi connectivity index (χ2v) is 4.09. The van der Waals surface area contributed by atoms with Crippen LogP contribution in [0.25, 0.3) is 0 Å². The number of halogens is 1. The van der Waals surface area contributed by atoms with Gasteiger partial charge in [-0.25, -0.2) is 9.18 Å². The van der Waals surface area contributed by atoms with Crippen LogP contribution in [-0.2, 0) is 4.74 Å². The first-order valence-corrected chi connectivity index (χ1v) is 5.28. The Labute approximate surface area is 100 Å². The molecule has 0 aromatic heterocycles. The van der Waals surface area contributed by atoms with E-state index in [1.165, 1.54) is 13.2 Å². The van der Waals surface area contributed by atoms with Gasteiger partial charge in [-0.15, -0.1) is 0 Å². The molecule has 0 fully saturated rings. The van der Waals surface area contributed by atoms with Crippen LogP contribution in [0.3, 0.4) is 0 Å². The summed E-state index contributed by atoms with van der Waals surface area (Å²) in [7, 11) is 3.01. The molecule has 0 bridgehead atoms. The number of hydrogen-bond acceptors (Lipinski definition) is 4. The highest BCUT2D eigenvalue weighted by Gasteiger charge is 2.17. The summed E-state index contributed by atoms with van der Waals surface area (Å²) < 4.78 is 18.3. The number of esters is 1. The number of ether oxygens (including phenoxy) is 1. The topological polar surface area (TPSA) is 55.6 Å². The second kappa shape index (κ2) is 5.03. The Morgan fingerprint density at radius 1 is 1.47 bits per heavy atom. The number of methoxy groups -OCH3 is 1. The summed E-state index contributed by atoms with van der Waals surface area (Å²) in [6, 6.07) is 2.66. The predicted molar refractivity (Wildman–Crippen MR) is 65.7 cm³/mol. The quantitative estimate of drug-likeness (QED) is 0.649.